The van der Waals surface area contributed by atoms with Crippen LogP contribution in [0.25, 0.3) is 0 Å². The zero-order valence-corrected chi connectivity index (χ0v) is 11.2. The van der Waals surface area contributed by atoms with E-state index < -0.39 is 0 Å². The third-order valence-electron chi connectivity index (χ3n) is 4.05. The van der Waals surface area contributed by atoms with Crippen LogP contribution >= 0.6 is 0 Å². The average Bonchev–Trinajstić information content (AvgIpc) is 2.21. The number of ether oxygens (including phenoxy) is 1. The molecule has 0 N–H and O–H groups in total. The first-order chi connectivity index (χ1) is 7.30. The number of hydrogen-bond donors (Lipinski definition) is 0. The number of esters is 1. The molecule has 16 heavy (non-hydrogen) atoms. The monoisotopic (exact) mass is 224 g/mol. The molecule has 1 aliphatic rings. The Balaban J connectivity index is 2.54. The smallest absolute Gasteiger partial charge is 0.308 e. The van der Waals surface area contributed by atoms with Gasteiger partial charge in [-0.2, -0.15) is 0 Å². The van der Waals surface area contributed by atoms with Crippen molar-refractivity contribution in [2.45, 2.75) is 53.6 Å². The van der Waals surface area contributed by atoms with Crippen molar-refractivity contribution >= 4 is 5.97 Å². The molecule has 0 radical (unpaired) electrons. The number of allylic oxidation sites excluding steroid dienone is 1. The first-order valence-electron chi connectivity index (χ1n) is 6.16. The van der Waals surface area contributed by atoms with Gasteiger partial charge in [0.25, 0.3) is 0 Å². The van der Waals surface area contributed by atoms with Crippen LogP contribution in [0.1, 0.15) is 47.5 Å². The van der Waals surface area contributed by atoms with Crippen molar-refractivity contribution in [3.8, 4) is 0 Å². The van der Waals surface area contributed by atoms with Gasteiger partial charge in [0.05, 0.1) is 5.92 Å². The van der Waals surface area contributed by atoms with E-state index in [2.05, 4.69) is 27.4 Å². The predicted octanol–water partition coefficient (Wildman–Crippen LogP) is 3.57. The summed E-state index contributed by atoms with van der Waals surface area (Å²) in [5.74, 6) is 0.447. The van der Waals surface area contributed by atoms with E-state index in [1.165, 1.54) is 5.57 Å². The van der Waals surface area contributed by atoms with Gasteiger partial charge in [0, 0.05) is 5.41 Å². The molecule has 0 aromatic rings. The molecule has 0 aliphatic heterocycles. The summed E-state index contributed by atoms with van der Waals surface area (Å²) >= 11 is 0. The molecule has 0 amide bonds. The van der Waals surface area contributed by atoms with Crippen LogP contribution in [0.15, 0.2) is 12.2 Å². The van der Waals surface area contributed by atoms with Gasteiger partial charge in [-0.1, -0.05) is 39.8 Å². The van der Waals surface area contributed by atoms with Gasteiger partial charge in [0.1, 0.15) is 6.10 Å². The van der Waals surface area contributed by atoms with Crippen LogP contribution in [0.2, 0.25) is 0 Å². The highest BCUT2D eigenvalue weighted by Crippen LogP contribution is 2.51. The Hall–Kier alpha value is -0.790. The maximum Gasteiger partial charge on any atom is 0.308 e. The summed E-state index contributed by atoms with van der Waals surface area (Å²) in [4.78, 5) is 11.7. The van der Waals surface area contributed by atoms with Gasteiger partial charge in [0.15, 0.2) is 0 Å². The zero-order valence-electron chi connectivity index (χ0n) is 11.2. The van der Waals surface area contributed by atoms with Crippen LogP contribution in [-0.2, 0) is 9.53 Å². The van der Waals surface area contributed by atoms with Crippen LogP contribution < -0.4 is 0 Å². The van der Waals surface area contributed by atoms with Crippen LogP contribution in [0.5, 0.6) is 0 Å². The Kier molecular flexibility index (Phi) is 3.82. The second-order valence-electron chi connectivity index (χ2n) is 5.69. The Morgan fingerprint density at radius 1 is 1.56 bits per heavy atom. The minimum atomic E-state index is -0.0549. The number of carbonyl (C=O) groups is 1. The molecule has 3 unspecified atom stereocenters. The van der Waals surface area contributed by atoms with Gasteiger partial charge in [-0.25, -0.2) is 0 Å². The topological polar surface area (TPSA) is 26.3 Å². The summed E-state index contributed by atoms with van der Waals surface area (Å²) in [7, 11) is 0. The molecule has 2 nitrogen and oxygen atoms in total. The van der Waals surface area contributed by atoms with Gasteiger partial charge in [-0.3, -0.25) is 4.79 Å². The molecule has 0 aromatic heterocycles. The Morgan fingerprint density at radius 3 is 2.50 bits per heavy atom. The molecule has 1 fully saturated rings. The summed E-state index contributed by atoms with van der Waals surface area (Å²) in [5.41, 5.74) is 1.25. The fourth-order valence-corrected chi connectivity index (χ4v) is 2.34. The van der Waals surface area contributed by atoms with E-state index in [0.717, 1.165) is 12.8 Å². The Labute approximate surface area is 99.1 Å². The van der Waals surface area contributed by atoms with E-state index in [1.807, 2.05) is 13.8 Å². The predicted molar refractivity (Wildman–Crippen MR) is 66.0 cm³/mol. The van der Waals surface area contributed by atoms with Crippen molar-refractivity contribution in [1.29, 1.82) is 0 Å². The van der Waals surface area contributed by atoms with Gasteiger partial charge in [-0.15, -0.1) is 0 Å². The lowest BCUT2D eigenvalue weighted by Gasteiger charge is -2.51. The van der Waals surface area contributed by atoms with Crippen LogP contribution in [-0.4, -0.2) is 12.1 Å². The highest BCUT2D eigenvalue weighted by atomic mass is 16.5. The van der Waals surface area contributed by atoms with Gasteiger partial charge in [0.2, 0.25) is 0 Å². The van der Waals surface area contributed by atoms with Gasteiger partial charge >= 0.3 is 5.97 Å². The minimum absolute atomic E-state index is 0.0136. The fourth-order valence-electron chi connectivity index (χ4n) is 2.34. The van der Waals surface area contributed by atoms with Crippen molar-refractivity contribution < 1.29 is 9.53 Å². The van der Waals surface area contributed by atoms with Crippen molar-refractivity contribution in [3.05, 3.63) is 12.2 Å². The molecular weight excluding hydrogens is 200 g/mol. The highest BCUT2D eigenvalue weighted by molar-refractivity contribution is 5.72. The lowest BCUT2D eigenvalue weighted by molar-refractivity contribution is -0.177. The molecule has 3 atom stereocenters. The second kappa shape index (κ2) is 4.60. The van der Waals surface area contributed by atoms with E-state index in [-0.39, 0.29) is 23.4 Å². The minimum Gasteiger partial charge on any atom is -0.462 e. The summed E-state index contributed by atoms with van der Waals surface area (Å²) < 4.78 is 5.55. The molecule has 0 heterocycles. The van der Waals surface area contributed by atoms with E-state index in [1.54, 1.807) is 0 Å². The van der Waals surface area contributed by atoms with Crippen molar-refractivity contribution in [2.75, 3.05) is 0 Å². The van der Waals surface area contributed by atoms with Crippen LogP contribution in [0.4, 0.5) is 0 Å². The lowest BCUT2D eigenvalue weighted by Crippen LogP contribution is -2.52. The first-order valence-corrected chi connectivity index (χ1v) is 6.16. The fraction of sp³-hybridized carbons (Fsp3) is 0.786. The van der Waals surface area contributed by atoms with Crippen molar-refractivity contribution in [3.63, 3.8) is 0 Å². The quantitative estimate of drug-likeness (QED) is 0.539. The third-order valence-corrected chi connectivity index (χ3v) is 4.05. The van der Waals surface area contributed by atoms with Crippen LogP contribution in [0.3, 0.4) is 0 Å². The summed E-state index contributed by atoms with van der Waals surface area (Å²) in [6, 6.07) is 0. The molecular formula is C14H24O2. The van der Waals surface area contributed by atoms with E-state index >= 15 is 0 Å². The Morgan fingerprint density at radius 2 is 2.12 bits per heavy atom. The highest BCUT2D eigenvalue weighted by Gasteiger charge is 2.50. The molecule has 0 spiro atoms. The molecule has 0 bridgehead atoms. The summed E-state index contributed by atoms with van der Waals surface area (Å²) in [6.07, 6.45) is 1.84. The van der Waals surface area contributed by atoms with Gasteiger partial charge < -0.3 is 4.74 Å². The molecule has 92 valence electrons. The number of hydrogen-bond acceptors (Lipinski definition) is 2. The van der Waals surface area contributed by atoms with Crippen molar-refractivity contribution in [2.24, 2.45) is 17.3 Å². The maximum atomic E-state index is 11.7. The standard InChI is InChI=1S/C14H24O2/c1-7-10(4)13(15)16-12-8-11(9(2)3)14(12,5)6/h10-12H,2,7-8H2,1,3-6H3. The number of carbonyl (C=O) groups excluding carboxylic acids is 1. The molecule has 1 rings (SSSR count). The molecule has 1 aliphatic carbocycles. The molecule has 2 heteroatoms. The summed E-state index contributed by atoms with van der Waals surface area (Å²) in [6.45, 7) is 14.3. The zero-order chi connectivity index (χ0) is 12.5. The van der Waals surface area contributed by atoms with Crippen molar-refractivity contribution in [1.82, 2.24) is 0 Å². The third kappa shape index (κ3) is 2.31. The summed E-state index contributed by atoms with van der Waals surface area (Å²) in [5, 5.41) is 0. The van der Waals surface area contributed by atoms with E-state index in [0.29, 0.717) is 5.92 Å². The van der Waals surface area contributed by atoms with Crippen LogP contribution in [0, 0.1) is 17.3 Å². The number of rotatable bonds is 4. The van der Waals surface area contributed by atoms with Gasteiger partial charge in [-0.05, 0) is 25.7 Å². The second-order valence-corrected chi connectivity index (χ2v) is 5.69. The first kappa shape index (κ1) is 13.3. The molecule has 0 aromatic carbocycles. The largest absolute Gasteiger partial charge is 0.462 e. The van der Waals surface area contributed by atoms with E-state index in [4.69, 9.17) is 4.74 Å². The normalized spacial score (nSPS) is 29.1. The molecule has 1 saturated carbocycles. The SMILES string of the molecule is C=C(C)C1CC(OC(=O)C(C)CC)C1(C)C. The maximum absolute atomic E-state index is 11.7. The lowest BCUT2D eigenvalue weighted by atomic mass is 9.58. The average molecular weight is 224 g/mol. The van der Waals surface area contributed by atoms with E-state index in [9.17, 15) is 4.79 Å². The molecule has 0 saturated heterocycles. The Bertz CT molecular complexity index is 291.